The van der Waals surface area contributed by atoms with Crippen LogP contribution in [0.25, 0.3) is 0 Å². The lowest BCUT2D eigenvalue weighted by atomic mass is 9.96. The molecule has 0 saturated carbocycles. The van der Waals surface area contributed by atoms with E-state index in [0.29, 0.717) is 38.9 Å². The van der Waals surface area contributed by atoms with Gasteiger partial charge >= 0.3 is 0 Å². The zero-order valence-corrected chi connectivity index (χ0v) is 16.5. The monoisotopic (exact) mass is 396 g/mol. The molecule has 2 aliphatic rings. The first-order valence-corrected chi connectivity index (χ1v) is 9.95. The molecule has 0 aliphatic carbocycles. The van der Waals surface area contributed by atoms with Gasteiger partial charge in [0.1, 0.15) is 11.9 Å². The first-order chi connectivity index (χ1) is 14.0. The molecule has 0 unspecified atom stereocenters. The number of likely N-dealkylation sites (tertiary alicyclic amines) is 1. The Bertz CT molecular complexity index is 954. The second-order valence-electron chi connectivity index (χ2n) is 7.93. The summed E-state index contributed by atoms with van der Waals surface area (Å²) in [7, 11) is 0. The van der Waals surface area contributed by atoms with E-state index in [-0.39, 0.29) is 23.5 Å². The van der Waals surface area contributed by atoms with Crippen molar-refractivity contribution in [3.63, 3.8) is 0 Å². The normalized spacial score (nSPS) is 21.2. The predicted molar refractivity (Wildman–Crippen MR) is 106 cm³/mol. The highest BCUT2D eigenvalue weighted by molar-refractivity contribution is 5.93. The van der Waals surface area contributed by atoms with Crippen molar-refractivity contribution < 1.29 is 14.0 Å². The van der Waals surface area contributed by atoms with E-state index < -0.39 is 6.04 Å². The van der Waals surface area contributed by atoms with Crippen LogP contribution in [0.2, 0.25) is 0 Å². The Hall–Kier alpha value is -2.96. The van der Waals surface area contributed by atoms with Crippen molar-refractivity contribution in [3.8, 4) is 0 Å². The third kappa shape index (κ3) is 3.81. The summed E-state index contributed by atoms with van der Waals surface area (Å²) in [5.74, 6) is -0.437. The van der Waals surface area contributed by atoms with Crippen LogP contribution in [-0.4, -0.2) is 50.9 Å². The summed E-state index contributed by atoms with van der Waals surface area (Å²) in [6, 6.07) is 6.00. The molecule has 4 rings (SSSR count). The molecule has 2 atom stereocenters. The van der Waals surface area contributed by atoms with Gasteiger partial charge in [-0.05, 0) is 49.5 Å². The van der Waals surface area contributed by atoms with E-state index in [1.54, 1.807) is 11.0 Å². The van der Waals surface area contributed by atoms with Gasteiger partial charge in [0.15, 0.2) is 0 Å². The number of rotatable bonds is 4. The number of hydrogen-bond donors (Lipinski definition) is 1. The minimum absolute atomic E-state index is 0.0341. The van der Waals surface area contributed by atoms with Gasteiger partial charge in [-0.25, -0.2) is 4.39 Å². The number of H-pyrrole nitrogens is 1. The number of hydrogen-bond acceptors (Lipinski definition) is 3. The van der Waals surface area contributed by atoms with E-state index >= 15 is 0 Å². The number of fused-ring (bicyclic) bond motifs is 1. The Morgan fingerprint density at radius 1 is 1.41 bits per heavy atom. The molecule has 1 N–H and O–H groups in total. The summed E-state index contributed by atoms with van der Waals surface area (Å²) in [4.78, 5) is 29.2. The summed E-state index contributed by atoms with van der Waals surface area (Å²) in [6.07, 6.45) is 3.18. The van der Waals surface area contributed by atoms with Gasteiger partial charge in [-0.15, -0.1) is 0 Å². The number of carbonyl (C=O) groups is 2. The van der Waals surface area contributed by atoms with Gasteiger partial charge in [0.05, 0.1) is 5.69 Å². The zero-order valence-electron chi connectivity index (χ0n) is 16.5. The van der Waals surface area contributed by atoms with Crippen LogP contribution in [-0.2, 0) is 29.0 Å². The van der Waals surface area contributed by atoms with Crippen LogP contribution in [0.15, 0.2) is 36.9 Å². The van der Waals surface area contributed by atoms with Gasteiger partial charge in [-0.1, -0.05) is 18.7 Å². The molecule has 152 valence electrons. The summed E-state index contributed by atoms with van der Waals surface area (Å²) >= 11 is 0. The average Bonchev–Trinajstić information content (AvgIpc) is 3.30. The summed E-state index contributed by atoms with van der Waals surface area (Å²) in [6.45, 7) is 7.12. The third-order valence-corrected chi connectivity index (χ3v) is 5.98. The van der Waals surface area contributed by atoms with E-state index in [1.165, 1.54) is 18.2 Å². The molecule has 0 radical (unpaired) electrons. The molecule has 2 aliphatic heterocycles. The molecule has 7 heteroatoms. The van der Waals surface area contributed by atoms with Crippen LogP contribution < -0.4 is 0 Å². The van der Waals surface area contributed by atoms with E-state index in [0.717, 1.165) is 22.5 Å². The van der Waals surface area contributed by atoms with Crippen molar-refractivity contribution in [1.82, 2.24) is 20.0 Å². The van der Waals surface area contributed by atoms with E-state index in [2.05, 4.69) is 16.8 Å². The molecule has 1 fully saturated rings. The molecule has 0 bridgehead atoms. The zero-order chi connectivity index (χ0) is 20.5. The second kappa shape index (κ2) is 7.81. The fourth-order valence-corrected chi connectivity index (χ4v) is 4.49. The Morgan fingerprint density at radius 3 is 3.00 bits per heavy atom. The van der Waals surface area contributed by atoms with Gasteiger partial charge in [0.25, 0.3) is 0 Å². The highest BCUT2D eigenvalue weighted by atomic mass is 19.1. The molecule has 29 heavy (non-hydrogen) atoms. The van der Waals surface area contributed by atoms with Crippen molar-refractivity contribution in [1.29, 1.82) is 0 Å². The standard InChI is InChI=1S/C22H25FN4O2/c1-3-21(28)27-12-16(9-15-5-4-6-17(23)10-15)11-20(27)22(29)26-8-7-19-18(13-26)14(2)24-25-19/h3-6,10,16,20H,1,7-9,11-13H2,2H3,(H,24,25)/t16-,20+/m1/s1. The molecule has 1 aromatic heterocycles. The molecule has 3 heterocycles. The molecule has 2 aromatic rings. The number of aromatic amines is 1. The van der Waals surface area contributed by atoms with Crippen molar-refractivity contribution in [2.24, 2.45) is 5.92 Å². The van der Waals surface area contributed by atoms with Crippen molar-refractivity contribution in [2.45, 2.75) is 38.8 Å². The number of amides is 2. The first kappa shape index (κ1) is 19.4. The summed E-state index contributed by atoms with van der Waals surface area (Å²) < 4.78 is 13.5. The van der Waals surface area contributed by atoms with Gasteiger partial charge in [0.2, 0.25) is 11.8 Å². The van der Waals surface area contributed by atoms with Gasteiger partial charge in [0, 0.05) is 37.3 Å². The lowest BCUT2D eigenvalue weighted by Gasteiger charge is -2.32. The van der Waals surface area contributed by atoms with Crippen LogP contribution >= 0.6 is 0 Å². The average molecular weight is 396 g/mol. The Labute approximate surface area is 169 Å². The van der Waals surface area contributed by atoms with Crippen molar-refractivity contribution in [3.05, 3.63) is 65.3 Å². The maximum absolute atomic E-state index is 13.5. The Balaban J connectivity index is 1.51. The van der Waals surface area contributed by atoms with Crippen molar-refractivity contribution in [2.75, 3.05) is 13.1 Å². The fraction of sp³-hybridized carbons (Fsp3) is 0.409. The molecular formula is C22H25FN4O2. The smallest absolute Gasteiger partial charge is 0.246 e. The number of aryl methyl sites for hydroxylation is 1. The summed E-state index contributed by atoms with van der Waals surface area (Å²) in [5.41, 5.74) is 3.94. The van der Waals surface area contributed by atoms with Crippen LogP contribution in [0.3, 0.4) is 0 Å². The maximum Gasteiger partial charge on any atom is 0.246 e. The molecule has 6 nitrogen and oxygen atoms in total. The van der Waals surface area contributed by atoms with Crippen LogP contribution in [0.1, 0.15) is 28.9 Å². The van der Waals surface area contributed by atoms with Crippen molar-refractivity contribution >= 4 is 11.8 Å². The number of benzene rings is 1. The maximum atomic E-state index is 13.5. The number of aromatic nitrogens is 2. The molecular weight excluding hydrogens is 371 g/mol. The van der Waals surface area contributed by atoms with E-state index in [9.17, 15) is 14.0 Å². The van der Waals surface area contributed by atoms with Crippen LogP contribution in [0, 0.1) is 18.7 Å². The number of carbonyl (C=O) groups excluding carboxylic acids is 2. The highest BCUT2D eigenvalue weighted by Gasteiger charge is 2.41. The predicted octanol–water partition coefficient (Wildman–Crippen LogP) is 2.39. The topological polar surface area (TPSA) is 69.3 Å². The minimum atomic E-state index is -0.507. The lowest BCUT2D eigenvalue weighted by Crippen LogP contribution is -2.48. The fourth-order valence-electron chi connectivity index (χ4n) is 4.49. The Kier molecular flexibility index (Phi) is 5.22. The number of nitrogens with one attached hydrogen (secondary N) is 1. The highest BCUT2D eigenvalue weighted by Crippen LogP contribution is 2.30. The summed E-state index contributed by atoms with van der Waals surface area (Å²) in [5, 5.41) is 7.29. The van der Waals surface area contributed by atoms with E-state index in [4.69, 9.17) is 0 Å². The van der Waals surface area contributed by atoms with Gasteiger partial charge in [-0.2, -0.15) is 5.10 Å². The third-order valence-electron chi connectivity index (χ3n) is 5.98. The number of halogens is 1. The first-order valence-electron chi connectivity index (χ1n) is 9.95. The molecule has 1 saturated heterocycles. The van der Waals surface area contributed by atoms with Gasteiger partial charge < -0.3 is 9.80 Å². The molecule has 1 aromatic carbocycles. The Morgan fingerprint density at radius 2 is 2.24 bits per heavy atom. The lowest BCUT2D eigenvalue weighted by molar-refractivity contribution is -0.142. The minimum Gasteiger partial charge on any atom is -0.336 e. The van der Waals surface area contributed by atoms with Gasteiger partial charge in [-0.3, -0.25) is 14.7 Å². The second-order valence-corrected chi connectivity index (χ2v) is 7.93. The SMILES string of the molecule is C=CC(=O)N1C[C@H](Cc2cccc(F)c2)C[C@H]1C(=O)N1CCc2n[nH]c(C)c2C1. The molecule has 2 amide bonds. The molecule has 0 spiro atoms. The largest absolute Gasteiger partial charge is 0.336 e. The van der Waals surface area contributed by atoms with E-state index in [1.807, 2.05) is 17.9 Å². The van der Waals surface area contributed by atoms with Crippen LogP contribution in [0.4, 0.5) is 4.39 Å². The number of nitrogens with zero attached hydrogens (tertiary/aromatic N) is 3. The van der Waals surface area contributed by atoms with Crippen LogP contribution in [0.5, 0.6) is 0 Å². The quantitative estimate of drug-likeness (QED) is 0.807.